The van der Waals surface area contributed by atoms with Crippen molar-refractivity contribution in [2.75, 3.05) is 0 Å². The van der Waals surface area contributed by atoms with Crippen LogP contribution >= 0.6 is 0 Å². The first-order valence-electron chi connectivity index (χ1n) is 6.81. The summed E-state index contributed by atoms with van der Waals surface area (Å²) >= 11 is 0. The molecule has 116 valence electrons. The summed E-state index contributed by atoms with van der Waals surface area (Å²) in [6.45, 7) is 1.57. The van der Waals surface area contributed by atoms with Crippen LogP contribution in [0.5, 0.6) is 0 Å². The number of likely N-dealkylation sites (tertiary alicyclic amines) is 1. The molecule has 7 heteroatoms. The maximum absolute atomic E-state index is 11.8. The van der Waals surface area contributed by atoms with Crippen LogP contribution in [0.2, 0.25) is 0 Å². The van der Waals surface area contributed by atoms with E-state index in [0.717, 1.165) is 5.56 Å². The highest BCUT2D eigenvalue weighted by Gasteiger charge is 2.28. The van der Waals surface area contributed by atoms with Gasteiger partial charge in [0, 0.05) is 12.8 Å². The molecule has 1 aromatic rings. The van der Waals surface area contributed by atoms with Gasteiger partial charge in [0.05, 0.1) is 12.1 Å². The van der Waals surface area contributed by atoms with Crippen molar-refractivity contribution in [3.63, 3.8) is 0 Å². The van der Waals surface area contributed by atoms with Gasteiger partial charge in [-0.3, -0.25) is 19.3 Å². The SMILES string of the molecule is CC(OC(=O)c1ccc(CN2C(=O)CCC2=O)cc1)C(N)=O. The fraction of sp³-hybridized carbons (Fsp3) is 0.333. The van der Waals surface area contributed by atoms with Gasteiger partial charge in [-0.1, -0.05) is 12.1 Å². The zero-order chi connectivity index (χ0) is 16.3. The highest BCUT2D eigenvalue weighted by molar-refractivity contribution is 6.01. The molecule has 1 atom stereocenters. The summed E-state index contributed by atoms with van der Waals surface area (Å²) in [5, 5.41) is 0. The molecule has 1 saturated heterocycles. The summed E-state index contributed by atoms with van der Waals surface area (Å²) in [4.78, 5) is 46.9. The van der Waals surface area contributed by atoms with Crippen LogP contribution in [0, 0.1) is 0 Å². The highest BCUT2D eigenvalue weighted by atomic mass is 16.5. The number of nitrogens with two attached hydrogens (primary N) is 1. The predicted molar refractivity (Wildman–Crippen MR) is 75.3 cm³/mol. The third kappa shape index (κ3) is 3.49. The van der Waals surface area contributed by atoms with Crippen LogP contribution in [-0.4, -0.2) is 34.7 Å². The van der Waals surface area contributed by atoms with E-state index in [0.29, 0.717) is 0 Å². The van der Waals surface area contributed by atoms with Gasteiger partial charge >= 0.3 is 5.97 Å². The maximum Gasteiger partial charge on any atom is 0.338 e. The number of hydrogen-bond donors (Lipinski definition) is 1. The van der Waals surface area contributed by atoms with E-state index in [-0.39, 0.29) is 36.8 Å². The topological polar surface area (TPSA) is 107 Å². The van der Waals surface area contributed by atoms with Gasteiger partial charge in [0.2, 0.25) is 11.8 Å². The Morgan fingerprint density at radius 2 is 1.73 bits per heavy atom. The number of carbonyl (C=O) groups is 4. The molecular formula is C15H16N2O5. The highest BCUT2D eigenvalue weighted by Crippen LogP contribution is 2.16. The molecule has 0 saturated carbocycles. The number of nitrogens with zero attached hydrogens (tertiary/aromatic N) is 1. The Kier molecular flexibility index (Phi) is 4.55. The Morgan fingerprint density at radius 1 is 1.18 bits per heavy atom. The summed E-state index contributed by atoms with van der Waals surface area (Å²) in [5.74, 6) is -1.77. The molecular weight excluding hydrogens is 288 g/mol. The second-order valence-electron chi connectivity index (χ2n) is 5.02. The lowest BCUT2D eigenvalue weighted by Crippen LogP contribution is -2.30. The molecule has 7 nitrogen and oxygen atoms in total. The van der Waals surface area contributed by atoms with Gasteiger partial charge < -0.3 is 10.5 Å². The number of primary amides is 1. The Morgan fingerprint density at radius 3 is 2.23 bits per heavy atom. The van der Waals surface area contributed by atoms with E-state index in [2.05, 4.69) is 0 Å². The lowest BCUT2D eigenvalue weighted by Gasteiger charge is -2.14. The summed E-state index contributed by atoms with van der Waals surface area (Å²) < 4.78 is 4.87. The second-order valence-corrected chi connectivity index (χ2v) is 5.02. The van der Waals surface area contributed by atoms with Crippen LogP contribution < -0.4 is 5.73 Å². The fourth-order valence-corrected chi connectivity index (χ4v) is 2.01. The van der Waals surface area contributed by atoms with Crippen LogP contribution in [0.25, 0.3) is 0 Å². The van der Waals surface area contributed by atoms with Crippen LogP contribution in [0.4, 0.5) is 0 Å². The van der Waals surface area contributed by atoms with E-state index in [9.17, 15) is 19.2 Å². The lowest BCUT2D eigenvalue weighted by molar-refractivity contribution is -0.139. The van der Waals surface area contributed by atoms with Crippen molar-refractivity contribution in [3.8, 4) is 0 Å². The molecule has 0 radical (unpaired) electrons. The first kappa shape index (κ1) is 15.7. The molecule has 0 aliphatic carbocycles. The Hall–Kier alpha value is -2.70. The summed E-state index contributed by atoms with van der Waals surface area (Å²) in [7, 11) is 0. The van der Waals surface area contributed by atoms with Crippen LogP contribution in [-0.2, 0) is 25.7 Å². The summed E-state index contributed by atoms with van der Waals surface area (Å²) in [6.07, 6.45) is -0.519. The smallest absolute Gasteiger partial charge is 0.338 e. The molecule has 0 aromatic heterocycles. The first-order chi connectivity index (χ1) is 10.4. The van der Waals surface area contributed by atoms with E-state index in [1.54, 1.807) is 12.1 Å². The number of amides is 3. The molecule has 1 aliphatic heterocycles. The molecule has 0 bridgehead atoms. The molecule has 22 heavy (non-hydrogen) atoms. The molecule has 3 amide bonds. The number of rotatable bonds is 5. The zero-order valence-corrected chi connectivity index (χ0v) is 12.1. The second kappa shape index (κ2) is 6.38. The average molecular weight is 304 g/mol. The van der Waals surface area contributed by atoms with Gasteiger partial charge in [-0.05, 0) is 24.6 Å². The average Bonchev–Trinajstić information content (AvgIpc) is 2.79. The molecule has 1 fully saturated rings. The van der Waals surface area contributed by atoms with Gasteiger partial charge in [-0.25, -0.2) is 4.79 Å². The van der Waals surface area contributed by atoms with E-state index in [4.69, 9.17) is 10.5 Å². The van der Waals surface area contributed by atoms with E-state index >= 15 is 0 Å². The molecule has 1 aliphatic rings. The monoisotopic (exact) mass is 304 g/mol. The molecule has 2 rings (SSSR count). The Balaban J connectivity index is 2.01. The Labute approximate surface area is 127 Å². The molecule has 1 unspecified atom stereocenters. The van der Waals surface area contributed by atoms with Crippen molar-refractivity contribution < 1.29 is 23.9 Å². The largest absolute Gasteiger partial charge is 0.449 e. The van der Waals surface area contributed by atoms with Crippen LogP contribution in [0.15, 0.2) is 24.3 Å². The van der Waals surface area contributed by atoms with Gasteiger partial charge in [-0.2, -0.15) is 0 Å². The van der Waals surface area contributed by atoms with E-state index in [1.807, 2.05) is 0 Å². The standard InChI is InChI=1S/C15H16N2O5/c1-9(14(16)20)22-15(21)11-4-2-10(3-5-11)8-17-12(18)6-7-13(17)19/h2-5,9H,6-8H2,1H3,(H2,16,20). The maximum atomic E-state index is 11.8. The first-order valence-corrected chi connectivity index (χ1v) is 6.81. The van der Waals surface area contributed by atoms with Crippen molar-refractivity contribution in [3.05, 3.63) is 35.4 Å². The van der Waals surface area contributed by atoms with Crippen molar-refractivity contribution in [2.45, 2.75) is 32.4 Å². The minimum Gasteiger partial charge on any atom is -0.449 e. The third-order valence-electron chi connectivity index (χ3n) is 3.37. The molecule has 1 heterocycles. The predicted octanol–water partition coefficient (Wildman–Crippen LogP) is 0.366. The van der Waals surface area contributed by atoms with Gasteiger partial charge in [0.1, 0.15) is 0 Å². The number of imide groups is 1. The minimum atomic E-state index is -1.01. The van der Waals surface area contributed by atoms with E-state index in [1.165, 1.54) is 24.0 Å². The van der Waals surface area contributed by atoms with Gasteiger partial charge in [-0.15, -0.1) is 0 Å². The van der Waals surface area contributed by atoms with Crippen molar-refractivity contribution in [1.82, 2.24) is 4.90 Å². The fourth-order valence-electron chi connectivity index (χ4n) is 2.01. The third-order valence-corrected chi connectivity index (χ3v) is 3.37. The normalized spacial score (nSPS) is 15.8. The zero-order valence-electron chi connectivity index (χ0n) is 12.1. The quantitative estimate of drug-likeness (QED) is 0.624. The van der Waals surface area contributed by atoms with Gasteiger partial charge in [0.15, 0.2) is 6.10 Å². The molecule has 2 N–H and O–H groups in total. The number of carbonyl (C=O) groups excluding carboxylic acids is 4. The summed E-state index contributed by atoms with van der Waals surface area (Å²) in [6, 6.07) is 6.28. The number of ether oxygens (including phenoxy) is 1. The van der Waals surface area contributed by atoms with Crippen LogP contribution in [0.3, 0.4) is 0 Å². The number of hydrogen-bond acceptors (Lipinski definition) is 5. The minimum absolute atomic E-state index is 0.185. The summed E-state index contributed by atoms with van der Waals surface area (Å²) in [5.41, 5.74) is 6.00. The van der Waals surface area contributed by atoms with Crippen molar-refractivity contribution in [2.24, 2.45) is 5.73 Å². The lowest BCUT2D eigenvalue weighted by atomic mass is 10.1. The van der Waals surface area contributed by atoms with E-state index < -0.39 is 18.0 Å². The number of benzene rings is 1. The van der Waals surface area contributed by atoms with Crippen molar-refractivity contribution >= 4 is 23.7 Å². The van der Waals surface area contributed by atoms with Gasteiger partial charge in [0.25, 0.3) is 5.91 Å². The van der Waals surface area contributed by atoms with Crippen molar-refractivity contribution in [1.29, 1.82) is 0 Å². The molecule has 0 spiro atoms. The molecule has 1 aromatic carbocycles. The number of esters is 1. The Bertz CT molecular complexity index is 607. The van der Waals surface area contributed by atoms with Crippen LogP contribution in [0.1, 0.15) is 35.7 Å².